The summed E-state index contributed by atoms with van der Waals surface area (Å²) in [6.45, 7) is 6.23. The van der Waals surface area contributed by atoms with Gasteiger partial charge in [0, 0.05) is 31.2 Å². The van der Waals surface area contributed by atoms with Crippen LogP contribution in [0.2, 0.25) is 0 Å². The van der Waals surface area contributed by atoms with Gasteiger partial charge in [0.15, 0.2) is 5.96 Å². The van der Waals surface area contributed by atoms with Crippen molar-refractivity contribution in [1.82, 2.24) is 25.2 Å². The monoisotopic (exact) mass is 420 g/mol. The van der Waals surface area contributed by atoms with Crippen LogP contribution in [0.1, 0.15) is 48.7 Å². The zero-order valence-electron chi connectivity index (χ0n) is 17.4. The second-order valence-corrected chi connectivity index (χ2v) is 9.02. The lowest BCUT2D eigenvalue weighted by Gasteiger charge is -2.44. The zero-order valence-corrected chi connectivity index (χ0v) is 18.2. The topological polar surface area (TPSA) is 94.9 Å². The van der Waals surface area contributed by atoms with Gasteiger partial charge < -0.3 is 5.32 Å². The Labute approximate surface area is 179 Å². The van der Waals surface area contributed by atoms with Crippen LogP contribution in [-0.2, 0) is 10.3 Å². The number of hydrogen-bond donors (Lipinski definition) is 2. The van der Waals surface area contributed by atoms with Gasteiger partial charge in [0.05, 0.1) is 10.8 Å². The third-order valence-electron chi connectivity index (χ3n) is 5.60. The molecule has 2 atom stereocenters. The number of benzene rings is 1. The Morgan fingerprint density at radius 3 is 2.47 bits per heavy atom. The maximum absolute atomic E-state index is 13.3. The number of rotatable bonds is 4. The molecule has 1 aromatic carbocycles. The molecular weight excluding hydrogens is 396 g/mol. The fourth-order valence-corrected chi connectivity index (χ4v) is 4.78. The number of nitrogens with zero attached hydrogens (tertiary/aromatic N) is 4. The van der Waals surface area contributed by atoms with E-state index in [2.05, 4.69) is 46.2 Å². The first kappa shape index (κ1) is 20.2. The number of carbonyl (C=O) groups is 1. The summed E-state index contributed by atoms with van der Waals surface area (Å²) in [6, 6.07) is 8.17. The Bertz CT molecular complexity index is 1080. The summed E-state index contributed by atoms with van der Waals surface area (Å²) in [4.78, 5) is 28.4. The van der Waals surface area contributed by atoms with Gasteiger partial charge in [0.1, 0.15) is 16.9 Å². The van der Waals surface area contributed by atoms with Crippen LogP contribution < -0.4 is 5.32 Å². The van der Waals surface area contributed by atoms with Crippen molar-refractivity contribution in [2.45, 2.75) is 38.1 Å². The summed E-state index contributed by atoms with van der Waals surface area (Å²) in [7, 11) is 1.63. The van der Waals surface area contributed by atoms with E-state index in [0.29, 0.717) is 5.92 Å². The number of aromatic nitrogens is 3. The first-order chi connectivity index (χ1) is 14.3. The fourth-order valence-electron chi connectivity index (χ4n) is 3.75. The van der Waals surface area contributed by atoms with E-state index in [1.807, 2.05) is 19.1 Å². The van der Waals surface area contributed by atoms with E-state index >= 15 is 0 Å². The van der Waals surface area contributed by atoms with Crippen molar-refractivity contribution in [3.05, 3.63) is 65.3 Å². The zero-order chi connectivity index (χ0) is 21.5. The van der Waals surface area contributed by atoms with E-state index in [4.69, 9.17) is 5.41 Å². The summed E-state index contributed by atoms with van der Waals surface area (Å²) in [5, 5.41) is 12.3. The number of amides is 1. The van der Waals surface area contributed by atoms with Gasteiger partial charge in [0.25, 0.3) is 0 Å². The Balaban J connectivity index is 1.79. The number of nitrogens with one attached hydrogen (secondary N) is 2. The van der Waals surface area contributed by atoms with E-state index in [1.54, 1.807) is 25.6 Å². The van der Waals surface area contributed by atoms with Gasteiger partial charge in [-0.25, -0.2) is 15.0 Å². The third-order valence-corrected chi connectivity index (χ3v) is 6.88. The number of thiazole rings is 1. The molecule has 8 heteroatoms. The van der Waals surface area contributed by atoms with Gasteiger partial charge in [-0.15, -0.1) is 11.3 Å². The van der Waals surface area contributed by atoms with Crippen LogP contribution >= 0.6 is 11.3 Å². The maximum Gasteiger partial charge on any atom is 0.239 e. The van der Waals surface area contributed by atoms with Crippen molar-refractivity contribution < 1.29 is 4.79 Å². The second kappa shape index (κ2) is 7.60. The quantitative estimate of drug-likeness (QED) is 0.671. The smallest absolute Gasteiger partial charge is 0.239 e. The average Bonchev–Trinajstić information content (AvgIpc) is 3.24. The molecule has 0 unspecified atom stereocenters. The van der Waals surface area contributed by atoms with Gasteiger partial charge in [-0.05, 0) is 24.0 Å². The Morgan fingerprint density at radius 2 is 1.83 bits per heavy atom. The molecule has 30 heavy (non-hydrogen) atoms. The minimum atomic E-state index is -0.849. The molecule has 0 bridgehead atoms. The van der Waals surface area contributed by atoms with E-state index in [9.17, 15) is 4.79 Å². The largest absolute Gasteiger partial charge is 0.343 e. The predicted octanol–water partition coefficient (Wildman–Crippen LogP) is 3.72. The molecule has 0 spiro atoms. The average molecular weight is 421 g/mol. The van der Waals surface area contributed by atoms with Gasteiger partial charge in [-0.3, -0.25) is 15.1 Å². The SMILES string of the molecule is CC(C)c1ccc([C@@H]2C(=O)N(C)C(=N)N[C@]2(C)c2ncc(-c3cncnc3)s2)cc1. The van der Waals surface area contributed by atoms with Crippen LogP contribution in [0.5, 0.6) is 0 Å². The summed E-state index contributed by atoms with van der Waals surface area (Å²) in [5.74, 6) is -0.157. The Hall–Kier alpha value is -3.13. The molecule has 1 aliphatic rings. The van der Waals surface area contributed by atoms with Crippen LogP contribution in [0.25, 0.3) is 10.4 Å². The highest BCUT2D eigenvalue weighted by molar-refractivity contribution is 7.15. The molecule has 4 rings (SSSR count). The first-order valence-electron chi connectivity index (χ1n) is 9.77. The molecule has 2 aromatic heterocycles. The van der Waals surface area contributed by atoms with Crippen LogP contribution in [0.15, 0.2) is 49.2 Å². The van der Waals surface area contributed by atoms with Crippen LogP contribution in [-0.4, -0.2) is 38.8 Å². The minimum absolute atomic E-state index is 0.0670. The molecule has 1 saturated heterocycles. The standard InChI is InChI=1S/C22H24N6OS/c1-13(2)14-5-7-15(8-6-14)18-19(29)28(4)21(23)27-22(18,3)20-26-11-17(30-20)16-9-24-12-25-10-16/h5-13,18H,1-4H3,(H2,23,27)/t18-,22+/m1/s1. The maximum atomic E-state index is 13.3. The highest BCUT2D eigenvalue weighted by Crippen LogP contribution is 2.43. The molecule has 1 amide bonds. The van der Waals surface area contributed by atoms with E-state index in [-0.39, 0.29) is 11.9 Å². The summed E-state index contributed by atoms with van der Waals surface area (Å²) >= 11 is 1.48. The lowest BCUT2D eigenvalue weighted by molar-refractivity contribution is -0.131. The van der Waals surface area contributed by atoms with Gasteiger partial charge in [0.2, 0.25) is 5.91 Å². The highest BCUT2D eigenvalue weighted by atomic mass is 32.1. The van der Waals surface area contributed by atoms with Crippen molar-refractivity contribution in [2.24, 2.45) is 0 Å². The number of hydrogen-bond acceptors (Lipinski definition) is 6. The van der Waals surface area contributed by atoms with E-state index in [0.717, 1.165) is 21.0 Å². The molecule has 0 saturated carbocycles. The first-order valence-corrected chi connectivity index (χ1v) is 10.6. The lowest BCUT2D eigenvalue weighted by atomic mass is 9.78. The molecule has 1 fully saturated rings. The predicted molar refractivity (Wildman–Crippen MR) is 117 cm³/mol. The number of carbonyl (C=O) groups excluding carboxylic acids is 1. The second-order valence-electron chi connectivity index (χ2n) is 7.98. The Kier molecular flexibility index (Phi) is 5.11. The third kappa shape index (κ3) is 3.37. The molecule has 0 radical (unpaired) electrons. The van der Waals surface area contributed by atoms with Crippen molar-refractivity contribution in [3.8, 4) is 10.4 Å². The van der Waals surface area contributed by atoms with Gasteiger partial charge in [-0.1, -0.05) is 38.1 Å². The molecule has 154 valence electrons. The number of likely N-dealkylation sites (N-methyl/N-ethyl adjacent to an activating group) is 1. The molecule has 1 aliphatic heterocycles. The number of guanidine groups is 1. The van der Waals surface area contributed by atoms with Crippen molar-refractivity contribution >= 4 is 23.2 Å². The molecule has 3 heterocycles. The van der Waals surface area contributed by atoms with Gasteiger partial charge in [-0.2, -0.15) is 0 Å². The molecule has 7 nitrogen and oxygen atoms in total. The van der Waals surface area contributed by atoms with Crippen LogP contribution in [0, 0.1) is 5.41 Å². The molecule has 0 aliphatic carbocycles. The van der Waals surface area contributed by atoms with Crippen LogP contribution in [0.4, 0.5) is 0 Å². The molecule has 2 N–H and O–H groups in total. The Morgan fingerprint density at radius 1 is 1.17 bits per heavy atom. The van der Waals surface area contributed by atoms with Crippen LogP contribution in [0.3, 0.4) is 0 Å². The van der Waals surface area contributed by atoms with Crippen molar-refractivity contribution in [2.75, 3.05) is 7.05 Å². The summed E-state index contributed by atoms with van der Waals surface area (Å²) in [6.07, 6.45) is 6.74. The fraction of sp³-hybridized carbons (Fsp3) is 0.318. The van der Waals surface area contributed by atoms with Crippen molar-refractivity contribution in [1.29, 1.82) is 5.41 Å². The minimum Gasteiger partial charge on any atom is -0.343 e. The molecular formula is C22H24N6OS. The van der Waals surface area contributed by atoms with Gasteiger partial charge >= 0.3 is 0 Å². The normalized spacial score (nSPS) is 21.8. The lowest BCUT2D eigenvalue weighted by Crippen LogP contribution is -2.62. The van der Waals surface area contributed by atoms with Crippen molar-refractivity contribution in [3.63, 3.8) is 0 Å². The summed E-state index contributed by atoms with van der Waals surface area (Å²) in [5.41, 5.74) is 2.15. The molecule has 3 aromatic rings. The highest BCUT2D eigenvalue weighted by Gasteiger charge is 2.50. The van der Waals surface area contributed by atoms with E-state index in [1.165, 1.54) is 28.1 Å². The summed E-state index contributed by atoms with van der Waals surface area (Å²) < 4.78 is 0. The van der Waals surface area contributed by atoms with E-state index < -0.39 is 11.5 Å².